The molecule has 0 N–H and O–H groups in total. The van der Waals surface area contributed by atoms with Gasteiger partial charge < -0.3 is 4.90 Å². The second-order valence-corrected chi connectivity index (χ2v) is 4.43. The fourth-order valence-electron chi connectivity index (χ4n) is 1.56. The Kier molecular flexibility index (Phi) is 3.23. The van der Waals surface area contributed by atoms with Gasteiger partial charge in [0.15, 0.2) is 0 Å². The van der Waals surface area contributed by atoms with Crippen LogP contribution in [0.15, 0.2) is 41.1 Å². The molecule has 0 spiro atoms. The smallest absolute Gasteiger partial charge is 0.0992 e. The van der Waals surface area contributed by atoms with Crippen LogP contribution in [0.3, 0.4) is 0 Å². The molecular weight excluding hydrogens is 216 g/mol. The Labute approximate surface area is 99.4 Å². The zero-order valence-corrected chi connectivity index (χ0v) is 9.87. The first kappa shape index (κ1) is 10.7. The van der Waals surface area contributed by atoms with Crippen molar-refractivity contribution in [2.75, 3.05) is 11.9 Å². The average molecular weight is 228 g/mol. The minimum Gasteiger partial charge on any atom is -0.370 e. The molecule has 0 unspecified atom stereocenters. The van der Waals surface area contributed by atoms with E-state index in [-0.39, 0.29) is 0 Å². The molecule has 1 aromatic heterocycles. The Morgan fingerprint density at radius 3 is 2.94 bits per heavy atom. The summed E-state index contributed by atoms with van der Waals surface area (Å²) >= 11 is 1.71. The van der Waals surface area contributed by atoms with Crippen LogP contribution in [-0.4, -0.2) is 7.05 Å². The van der Waals surface area contributed by atoms with E-state index in [0.717, 1.165) is 12.2 Å². The van der Waals surface area contributed by atoms with Gasteiger partial charge in [-0.25, -0.2) is 0 Å². The van der Waals surface area contributed by atoms with Crippen LogP contribution in [0.5, 0.6) is 0 Å². The van der Waals surface area contributed by atoms with Gasteiger partial charge in [-0.2, -0.15) is 16.6 Å². The summed E-state index contributed by atoms with van der Waals surface area (Å²) in [6.45, 7) is 0.873. The molecule has 3 heteroatoms. The van der Waals surface area contributed by atoms with E-state index in [9.17, 15) is 0 Å². The lowest BCUT2D eigenvalue weighted by Gasteiger charge is -2.18. The molecule has 0 saturated carbocycles. The summed E-state index contributed by atoms with van der Waals surface area (Å²) in [7, 11) is 2.04. The second kappa shape index (κ2) is 4.82. The van der Waals surface area contributed by atoms with Crippen LogP contribution in [0.1, 0.15) is 11.1 Å². The zero-order chi connectivity index (χ0) is 11.4. The Balaban J connectivity index is 2.15. The van der Waals surface area contributed by atoms with Crippen molar-refractivity contribution in [2.45, 2.75) is 6.54 Å². The van der Waals surface area contributed by atoms with Gasteiger partial charge in [0.2, 0.25) is 0 Å². The highest BCUT2D eigenvalue weighted by Gasteiger charge is 2.03. The molecule has 2 nitrogen and oxygen atoms in total. The van der Waals surface area contributed by atoms with Crippen molar-refractivity contribution in [2.24, 2.45) is 0 Å². The zero-order valence-electron chi connectivity index (χ0n) is 9.05. The average Bonchev–Trinajstić information content (AvgIpc) is 2.82. The van der Waals surface area contributed by atoms with E-state index in [1.807, 2.05) is 31.3 Å². The Hall–Kier alpha value is -1.79. The van der Waals surface area contributed by atoms with E-state index >= 15 is 0 Å². The van der Waals surface area contributed by atoms with Crippen molar-refractivity contribution < 1.29 is 0 Å². The molecular formula is C13H12N2S. The normalized spacial score (nSPS) is 9.75. The van der Waals surface area contributed by atoms with E-state index in [0.29, 0.717) is 5.56 Å². The highest BCUT2D eigenvalue weighted by molar-refractivity contribution is 7.07. The number of anilines is 1. The van der Waals surface area contributed by atoms with E-state index in [2.05, 4.69) is 27.8 Å². The third kappa shape index (κ3) is 2.41. The summed E-state index contributed by atoms with van der Waals surface area (Å²) in [5, 5.41) is 13.1. The predicted octanol–water partition coefficient (Wildman–Crippen LogP) is 3.26. The van der Waals surface area contributed by atoms with E-state index in [1.54, 1.807) is 11.3 Å². The van der Waals surface area contributed by atoms with Crippen molar-refractivity contribution in [1.29, 1.82) is 5.26 Å². The van der Waals surface area contributed by atoms with Gasteiger partial charge in [-0.05, 0) is 40.6 Å². The molecule has 0 aliphatic heterocycles. The van der Waals surface area contributed by atoms with Crippen LogP contribution in [-0.2, 0) is 6.54 Å². The first-order valence-corrected chi connectivity index (χ1v) is 5.96. The largest absolute Gasteiger partial charge is 0.370 e. The molecule has 0 bridgehead atoms. The van der Waals surface area contributed by atoms with Crippen molar-refractivity contribution >= 4 is 17.0 Å². The standard InChI is InChI=1S/C13H12N2S/c1-15(9-12-5-6-16-10-12)13-4-2-3-11(7-13)8-14/h2-7,10H,9H2,1H3. The summed E-state index contributed by atoms with van der Waals surface area (Å²) in [4.78, 5) is 2.14. The van der Waals surface area contributed by atoms with Crippen LogP contribution in [0.4, 0.5) is 5.69 Å². The molecule has 1 aromatic carbocycles. The number of thiophene rings is 1. The molecule has 0 fully saturated rings. The molecule has 0 amide bonds. The van der Waals surface area contributed by atoms with Gasteiger partial charge >= 0.3 is 0 Å². The van der Waals surface area contributed by atoms with Crippen molar-refractivity contribution in [3.05, 3.63) is 52.2 Å². The third-order valence-electron chi connectivity index (χ3n) is 2.42. The first-order chi connectivity index (χ1) is 7.79. The molecule has 2 rings (SSSR count). The summed E-state index contributed by atoms with van der Waals surface area (Å²) in [5.74, 6) is 0. The van der Waals surface area contributed by atoms with Gasteiger partial charge in [-0.3, -0.25) is 0 Å². The molecule has 80 valence electrons. The molecule has 16 heavy (non-hydrogen) atoms. The third-order valence-corrected chi connectivity index (χ3v) is 3.15. The maximum Gasteiger partial charge on any atom is 0.0992 e. The molecule has 0 saturated heterocycles. The van der Waals surface area contributed by atoms with Gasteiger partial charge in [0, 0.05) is 19.3 Å². The number of rotatable bonds is 3. The van der Waals surface area contributed by atoms with Crippen LogP contribution < -0.4 is 4.90 Å². The maximum atomic E-state index is 8.83. The van der Waals surface area contributed by atoms with E-state index in [4.69, 9.17) is 5.26 Å². The lowest BCUT2D eigenvalue weighted by atomic mass is 10.2. The Morgan fingerprint density at radius 2 is 2.25 bits per heavy atom. The van der Waals surface area contributed by atoms with Crippen LogP contribution in [0, 0.1) is 11.3 Å². The van der Waals surface area contributed by atoms with Crippen LogP contribution >= 0.6 is 11.3 Å². The number of benzene rings is 1. The van der Waals surface area contributed by atoms with Gasteiger partial charge in [-0.1, -0.05) is 6.07 Å². The molecule has 1 heterocycles. The molecule has 0 radical (unpaired) electrons. The van der Waals surface area contributed by atoms with Gasteiger partial charge in [0.05, 0.1) is 11.6 Å². The maximum absolute atomic E-state index is 8.83. The second-order valence-electron chi connectivity index (χ2n) is 3.65. The van der Waals surface area contributed by atoms with Gasteiger partial charge in [-0.15, -0.1) is 0 Å². The summed E-state index contributed by atoms with van der Waals surface area (Å²) in [6.07, 6.45) is 0. The molecule has 0 aliphatic carbocycles. The van der Waals surface area contributed by atoms with E-state index < -0.39 is 0 Å². The summed E-state index contributed by atoms with van der Waals surface area (Å²) in [6, 6.07) is 11.9. The Bertz CT molecular complexity index is 497. The highest BCUT2D eigenvalue weighted by Crippen LogP contribution is 2.17. The topological polar surface area (TPSA) is 27.0 Å². The lowest BCUT2D eigenvalue weighted by Crippen LogP contribution is -2.15. The van der Waals surface area contributed by atoms with Gasteiger partial charge in [0.1, 0.15) is 0 Å². The first-order valence-electron chi connectivity index (χ1n) is 5.02. The van der Waals surface area contributed by atoms with Crippen LogP contribution in [0.2, 0.25) is 0 Å². The van der Waals surface area contributed by atoms with Crippen molar-refractivity contribution in [1.82, 2.24) is 0 Å². The summed E-state index contributed by atoms with van der Waals surface area (Å²) in [5.41, 5.74) is 3.08. The molecule has 2 aromatic rings. The summed E-state index contributed by atoms with van der Waals surface area (Å²) < 4.78 is 0. The minimum atomic E-state index is 0.703. The highest BCUT2D eigenvalue weighted by atomic mass is 32.1. The monoisotopic (exact) mass is 228 g/mol. The van der Waals surface area contributed by atoms with Crippen molar-refractivity contribution in [3.63, 3.8) is 0 Å². The molecule has 0 atom stereocenters. The number of hydrogen-bond acceptors (Lipinski definition) is 3. The van der Waals surface area contributed by atoms with E-state index in [1.165, 1.54) is 5.56 Å². The molecule has 0 aliphatic rings. The minimum absolute atomic E-state index is 0.703. The SMILES string of the molecule is CN(Cc1ccsc1)c1cccc(C#N)c1. The number of nitriles is 1. The predicted molar refractivity (Wildman–Crippen MR) is 67.6 cm³/mol. The van der Waals surface area contributed by atoms with Gasteiger partial charge in [0.25, 0.3) is 0 Å². The fourth-order valence-corrected chi connectivity index (χ4v) is 2.22. The lowest BCUT2D eigenvalue weighted by molar-refractivity contribution is 0.927. The number of hydrogen-bond donors (Lipinski definition) is 0. The van der Waals surface area contributed by atoms with Crippen molar-refractivity contribution in [3.8, 4) is 6.07 Å². The van der Waals surface area contributed by atoms with Crippen LogP contribution in [0.25, 0.3) is 0 Å². The number of nitrogens with zero attached hydrogens (tertiary/aromatic N) is 2. The quantitative estimate of drug-likeness (QED) is 0.806. The fraction of sp³-hybridized carbons (Fsp3) is 0.154. The Morgan fingerprint density at radius 1 is 1.38 bits per heavy atom.